The van der Waals surface area contributed by atoms with Gasteiger partial charge >= 0.3 is 12.1 Å². The maximum absolute atomic E-state index is 12.9. The molecule has 2 aromatic rings. The number of amides is 1. The summed E-state index contributed by atoms with van der Waals surface area (Å²) in [7, 11) is 0. The molecule has 1 N–H and O–H groups in total. The van der Waals surface area contributed by atoms with Crippen LogP contribution in [0.25, 0.3) is 0 Å². The highest BCUT2D eigenvalue weighted by Gasteiger charge is 2.33. The number of para-hydroxylation sites is 1. The van der Waals surface area contributed by atoms with E-state index in [9.17, 15) is 22.8 Å². The molecule has 1 amide bonds. The molecule has 27 heavy (non-hydrogen) atoms. The van der Waals surface area contributed by atoms with Crippen LogP contribution in [-0.4, -0.2) is 25.1 Å². The van der Waals surface area contributed by atoms with E-state index in [2.05, 4.69) is 5.32 Å². The lowest BCUT2D eigenvalue weighted by Gasteiger charge is -2.13. The van der Waals surface area contributed by atoms with Gasteiger partial charge in [0.2, 0.25) is 0 Å². The molecule has 0 saturated carbocycles. The summed E-state index contributed by atoms with van der Waals surface area (Å²) < 4.78 is 48.7. The summed E-state index contributed by atoms with van der Waals surface area (Å²) >= 11 is 0. The van der Waals surface area contributed by atoms with Crippen LogP contribution >= 0.6 is 0 Å². The molecule has 2 rings (SSSR count). The summed E-state index contributed by atoms with van der Waals surface area (Å²) in [5, 5.41) is 2.09. The molecular weight excluding hydrogens is 363 g/mol. The number of aryl methyl sites for hydroxylation is 1. The van der Waals surface area contributed by atoms with Gasteiger partial charge in [-0.25, -0.2) is 0 Å². The van der Waals surface area contributed by atoms with E-state index >= 15 is 0 Å². The third-order valence-electron chi connectivity index (χ3n) is 3.44. The smallest absolute Gasteiger partial charge is 0.418 e. The van der Waals surface area contributed by atoms with Crippen LogP contribution in [-0.2, 0) is 20.5 Å². The Bertz CT molecular complexity index is 806. The van der Waals surface area contributed by atoms with E-state index in [-0.39, 0.29) is 13.0 Å². The average molecular weight is 381 g/mol. The van der Waals surface area contributed by atoms with Gasteiger partial charge < -0.3 is 14.8 Å². The van der Waals surface area contributed by atoms with E-state index in [1.54, 1.807) is 12.1 Å². The van der Waals surface area contributed by atoms with Crippen LogP contribution < -0.4 is 10.1 Å². The fourth-order valence-electron chi connectivity index (χ4n) is 2.20. The second kappa shape index (κ2) is 9.07. The lowest BCUT2D eigenvalue weighted by Crippen LogP contribution is -2.23. The van der Waals surface area contributed by atoms with Crippen molar-refractivity contribution in [1.82, 2.24) is 0 Å². The molecule has 0 aliphatic rings. The SMILES string of the molecule is Cc1cccc(OCCC(=O)OCC(=O)Nc2ccccc2C(F)(F)F)c1. The number of carbonyl (C=O) groups is 2. The van der Waals surface area contributed by atoms with E-state index in [0.29, 0.717) is 5.75 Å². The van der Waals surface area contributed by atoms with Crippen LogP contribution in [0.2, 0.25) is 0 Å². The van der Waals surface area contributed by atoms with Crippen molar-refractivity contribution in [3.05, 3.63) is 59.7 Å². The molecule has 8 heteroatoms. The van der Waals surface area contributed by atoms with Gasteiger partial charge in [-0.2, -0.15) is 13.2 Å². The Balaban J connectivity index is 1.76. The maximum Gasteiger partial charge on any atom is 0.418 e. The highest BCUT2D eigenvalue weighted by atomic mass is 19.4. The molecule has 0 aliphatic heterocycles. The summed E-state index contributed by atoms with van der Waals surface area (Å²) in [6.45, 7) is 1.27. The van der Waals surface area contributed by atoms with E-state index in [1.165, 1.54) is 12.1 Å². The number of nitrogens with one attached hydrogen (secondary N) is 1. The normalized spacial score (nSPS) is 11.0. The molecule has 2 aromatic carbocycles. The largest absolute Gasteiger partial charge is 0.493 e. The number of alkyl halides is 3. The number of anilines is 1. The second-order valence-corrected chi connectivity index (χ2v) is 5.67. The van der Waals surface area contributed by atoms with Crippen molar-refractivity contribution < 1.29 is 32.2 Å². The zero-order valence-corrected chi connectivity index (χ0v) is 14.5. The number of ether oxygens (including phenoxy) is 2. The van der Waals surface area contributed by atoms with Crippen molar-refractivity contribution in [1.29, 1.82) is 0 Å². The Hall–Kier alpha value is -3.03. The van der Waals surface area contributed by atoms with Gasteiger partial charge in [-0.3, -0.25) is 9.59 Å². The van der Waals surface area contributed by atoms with Gasteiger partial charge in [0.15, 0.2) is 6.61 Å². The first kappa shape index (κ1) is 20.3. The van der Waals surface area contributed by atoms with Crippen molar-refractivity contribution in [3.8, 4) is 5.75 Å². The van der Waals surface area contributed by atoms with Gasteiger partial charge in [-0.1, -0.05) is 24.3 Å². The zero-order chi connectivity index (χ0) is 19.9. The quantitative estimate of drug-likeness (QED) is 0.738. The summed E-state index contributed by atoms with van der Waals surface area (Å²) in [6, 6.07) is 11.8. The molecule has 5 nitrogen and oxygen atoms in total. The Kier molecular flexibility index (Phi) is 6.81. The minimum absolute atomic E-state index is 0.0564. The fourth-order valence-corrected chi connectivity index (χ4v) is 2.20. The van der Waals surface area contributed by atoms with Crippen LogP contribution in [0.3, 0.4) is 0 Å². The Morgan fingerprint density at radius 1 is 1.07 bits per heavy atom. The van der Waals surface area contributed by atoms with Gasteiger partial charge in [0.1, 0.15) is 5.75 Å². The summed E-state index contributed by atoms with van der Waals surface area (Å²) in [5.74, 6) is -0.953. The Morgan fingerprint density at radius 3 is 2.52 bits per heavy atom. The monoisotopic (exact) mass is 381 g/mol. The molecule has 0 aromatic heterocycles. The van der Waals surface area contributed by atoms with Crippen LogP contribution in [0.4, 0.5) is 18.9 Å². The molecule has 0 fully saturated rings. The first-order valence-corrected chi connectivity index (χ1v) is 8.07. The van der Waals surface area contributed by atoms with Crippen molar-refractivity contribution in [3.63, 3.8) is 0 Å². The van der Waals surface area contributed by atoms with Crippen molar-refractivity contribution >= 4 is 17.6 Å². The van der Waals surface area contributed by atoms with Crippen molar-refractivity contribution in [2.45, 2.75) is 19.5 Å². The number of hydrogen-bond acceptors (Lipinski definition) is 4. The lowest BCUT2D eigenvalue weighted by atomic mass is 10.1. The maximum atomic E-state index is 12.9. The van der Waals surface area contributed by atoms with Crippen molar-refractivity contribution in [2.75, 3.05) is 18.5 Å². The average Bonchev–Trinajstić information content (AvgIpc) is 2.60. The third kappa shape index (κ3) is 6.65. The minimum Gasteiger partial charge on any atom is -0.493 e. The molecular formula is C19H18F3NO4. The van der Waals surface area contributed by atoms with Crippen LogP contribution in [0.15, 0.2) is 48.5 Å². The summed E-state index contributed by atoms with van der Waals surface area (Å²) in [4.78, 5) is 23.4. The topological polar surface area (TPSA) is 64.6 Å². The summed E-state index contributed by atoms with van der Waals surface area (Å²) in [5.41, 5.74) is -0.365. The highest BCUT2D eigenvalue weighted by Crippen LogP contribution is 2.34. The van der Waals surface area contributed by atoms with Gasteiger partial charge in [0.05, 0.1) is 24.3 Å². The molecule has 0 aliphatic carbocycles. The number of benzene rings is 2. The molecule has 0 unspecified atom stereocenters. The number of carbonyl (C=O) groups excluding carboxylic acids is 2. The van der Waals surface area contributed by atoms with Crippen LogP contribution in [0, 0.1) is 6.92 Å². The van der Waals surface area contributed by atoms with Gasteiger partial charge in [0, 0.05) is 0 Å². The number of hydrogen-bond donors (Lipinski definition) is 1. The van der Waals surface area contributed by atoms with E-state index in [0.717, 1.165) is 17.7 Å². The first-order chi connectivity index (χ1) is 12.8. The second-order valence-electron chi connectivity index (χ2n) is 5.67. The molecule has 144 valence electrons. The molecule has 0 spiro atoms. The van der Waals surface area contributed by atoms with Gasteiger partial charge in [-0.15, -0.1) is 0 Å². The third-order valence-corrected chi connectivity index (χ3v) is 3.44. The molecule has 0 atom stereocenters. The van der Waals surface area contributed by atoms with Gasteiger partial charge in [0.25, 0.3) is 5.91 Å². The van der Waals surface area contributed by atoms with Crippen LogP contribution in [0.1, 0.15) is 17.5 Å². The minimum atomic E-state index is -4.60. The van der Waals surface area contributed by atoms with E-state index < -0.39 is 35.9 Å². The first-order valence-electron chi connectivity index (χ1n) is 8.07. The number of esters is 1. The van der Waals surface area contributed by atoms with E-state index in [1.807, 2.05) is 19.1 Å². The Labute approximate surface area is 154 Å². The predicted octanol–water partition coefficient (Wildman–Crippen LogP) is 3.96. The lowest BCUT2D eigenvalue weighted by molar-refractivity contribution is -0.147. The zero-order valence-electron chi connectivity index (χ0n) is 14.5. The number of halogens is 3. The number of rotatable bonds is 7. The summed E-state index contributed by atoms with van der Waals surface area (Å²) in [6.07, 6.45) is -4.70. The van der Waals surface area contributed by atoms with Gasteiger partial charge in [-0.05, 0) is 36.8 Å². The van der Waals surface area contributed by atoms with E-state index in [4.69, 9.17) is 9.47 Å². The van der Waals surface area contributed by atoms with Crippen LogP contribution in [0.5, 0.6) is 5.75 Å². The highest BCUT2D eigenvalue weighted by molar-refractivity contribution is 5.93. The standard InChI is InChI=1S/C19H18F3NO4/c1-13-5-4-6-14(11-13)26-10-9-18(25)27-12-17(24)23-16-8-3-2-7-15(16)19(20,21)22/h2-8,11H,9-10,12H2,1H3,(H,23,24). The van der Waals surface area contributed by atoms with Crippen molar-refractivity contribution in [2.24, 2.45) is 0 Å². The fraction of sp³-hybridized carbons (Fsp3) is 0.263. The molecule has 0 heterocycles. The molecule has 0 bridgehead atoms. The Morgan fingerprint density at radius 2 is 1.81 bits per heavy atom. The molecule has 0 radical (unpaired) electrons. The molecule has 0 saturated heterocycles. The predicted molar refractivity (Wildman–Crippen MR) is 92.3 cm³/mol.